The highest BCUT2D eigenvalue weighted by Gasteiger charge is 2.29. The van der Waals surface area contributed by atoms with Crippen molar-refractivity contribution in [2.24, 2.45) is 0 Å². The van der Waals surface area contributed by atoms with Crippen LogP contribution in [0.3, 0.4) is 0 Å². The van der Waals surface area contributed by atoms with Crippen LogP contribution < -0.4 is 5.32 Å². The lowest BCUT2D eigenvalue weighted by Gasteiger charge is -2.08. The second kappa shape index (κ2) is 9.40. The maximum Gasteiger partial charge on any atom is 0.416 e. The van der Waals surface area contributed by atoms with E-state index in [4.69, 9.17) is 5.26 Å². The number of benzene rings is 1. The topological polar surface area (TPSA) is 70.7 Å². The number of rotatable bonds is 8. The molecule has 8 heteroatoms. The van der Waals surface area contributed by atoms with Gasteiger partial charge >= 0.3 is 6.18 Å². The highest BCUT2D eigenvalue weighted by molar-refractivity contribution is 5.76. The molecule has 0 fully saturated rings. The van der Waals surface area contributed by atoms with Crippen LogP contribution in [-0.4, -0.2) is 22.2 Å². The molecule has 0 atom stereocenters. The number of nitrogens with zero attached hydrogens (tertiary/aromatic N) is 3. The van der Waals surface area contributed by atoms with Gasteiger partial charge in [-0.3, -0.25) is 9.48 Å². The van der Waals surface area contributed by atoms with Crippen molar-refractivity contribution in [1.29, 1.82) is 5.26 Å². The third kappa shape index (κ3) is 5.84. The summed E-state index contributed by atoms with van der Waals surface area (Å²) in [6, 6.07) is 7.04. The van der Waals surface area contributed by atoms with Crippen molar-refractivity contribution in [1.82, 2.24) is 15.1 Å². The van der Waals surface area contributed by atoms with Crippen LogP contribution in [0.15, 0.2) is 24.3 Å². The fourth-order valence-electron chi connectivity index (χ4n) is 3.00. The van der Waals surface area contributed by atoms with E-state index in [1.165, 1.54) is 12.1 Å². The summed E-state index contributed by atoms with van der Waals surface area (Å²) < 4.78 is 39.4. The van der Waals surface area contributed by atoms with Gasteiger partial charge in [-0.05, 0) is 49.9 Å². The number of carbonyl (C=O) groups excluding carboxylic acids is 1. The first-order valence-electron chi connectivity index (χ1n) is 9.05. The molecule has 0 aliphatic heterocycles. The van der Waals surface area contributed by atoms with Gasteiger partial charge < -0.3 is 5.32 Å². The first-order chi connectivity index (χ1) is 13.2. The van der Waals surface area contributed by atoms with Gasteiger partial charge in [0.2, 0.25) is 5.91 Å². The number of alkyl halides is 3. The second-order valence-corrected chi connectivity index (χ2v) is 6.58. The summed E-state index contributed by atoms with van der Waals surface area (Å²) in [7, 11) is 0. The largest absolute Gasteiger partial charge is 0.416 e. The van der Waals surface area contributed by atoms with Gasteiger partial charge in [0, 0.05) is 18.7 Å². The molecule has 0 unspecified atom stereocenters. The van der Waals surface area contributed by atoms with Crippen molar-refractivity contribution < 1.29 is 18.0 Å². The highest BCUT2D eigenvalue weighted by atomic mass is 19.4. The minimum atomic E-state index is -4.34. The summed E-state index contributed by atoms with van der Waals surface area (Å²) >= 11 is 0. The fourth-order valence-corrected chi connectivity index (χ4v) is 3.00. The highest BCUT2D eigenvalue weighted by Crippen LogP contribution is 2.29. The number of carbonyl (C=O) groups is 1. The maximum absolute atomic E-state index is 12.5. The van der Waals surface area contributed by atoms with E-state index in [2.05, 4.69) is 16.5 Å². The Morgan fingerprint density at radius 3 is 2.50 bits per heavy atom. The van der Waals surface area contributed by atoms with Crippen molar-refractivity contribution in [3.8, 4) is 6.07 Å². The van der Waals surface area contributed by atoms with Crippen LogP contribution in [0.4, 0.5) is 13.2 Å². The molecule has 0 saturated heterocycles. The molecule has 0 bridgehead atoms. The standard InChI is InChI=1S/C20H23F3N4O/c1-14-18(15(2)27(26-14)13-3-11-24)8-9-19(28)25-12-10-16-4-6-17(7-5-16)20(21,22)23/h4-7H,3,8-10,12-13H2,1-2H3,(H,25,28). The number of aromatic nitrogens is 2. The third-order valence-corrected chi connectivity index (χ3v) is 4.59. The minimum Gasteiger partial charge on any atom is -0.356 e. The van der Waals surface area contributed by atoms with Crippen molar-refractivity contribution in [3.05, 3.63) is 52.3 Å². The van der Waals surface area contributed by atoms with Crippen molar-refractivity contribution >= 4 is 5.91 Å². The molecule has 0 aliphatic rings. The van der Waals surface area contributed by atoms with Crippen molar-refractivity contribution in [2.75, 3.05) is 6.54 Å². The molecule has 1 aromatic heterocycles. The molecule has 0 aliphatic carbocycles. The monoisotopic (exact) mass is 392 g/mol. The van der Waals surface area contributed by atoms with Crippen LogP contribution in [0, 0.1) is 25.2 Å². The number of nitriles is 1. The van der Waals surface area contributed by atoms with Gasteiger partial charge in [0.05, 0.1) is 30.3 Å². The molecule has 2 aromatic rings. The zero-order valence-corrected chi connectivity index (χ0v) is 15.9. The van der Waals surface area contributed by atoms with E-state index in [-0.39, 0.29) is 5.91 Å². The number of aryl methyl sites for hydroxylation is 2. The van der Waals surface area contributed by atoms with Gasteiger partial charge in [0.25, 0.3) is 0 Å². The Bertz CT molecular complexity index is 848. The molecule has 0 saturated carbocycles. The van der Waals surface area contributed by atoms with Crippen LogP contribution in [0.25, 0.3) is 0 Å². The van der Waals surface area contributed by atoms with E-state index in [9.17, 15) is 18.0 Å². The Morgan fingerprint density at radius 1 is 1.21 bits per heavy atom. The Labute approximate surface area is 162 Å². The van der Waals surface area contributed by atoms with Gasteiger partial charge in [0.1, 0.15) is 0 Å². The van der Waals surface area contributed by atoms with Gasteiger partial charge in [-0.1, -0.05) is 12.1 Å². The molecule has 0 radical (unpaired) electrons. The lowest BCUT2D eigenvalue weighted by Crippen LogP contribution is -2.26. The minimum absolute atomic E-state index is 0.115. The average molecular weight is 392 g/mol. The van der Waals surface area contributed by atoms with E-state index >= 15 is 0 Å². The zero-order valence-electron chi connectivity index (χ0n) is 15.9. The van der Waals surface area contributed by atoms with Crippen LogP contribution >= 0.6 is 0 Å². The Hall–Kier alpha value is -2.82. The Balaban J connectivity index is 1.79. The van der Waals surface area contributed by atoms with E-state index in [1.807, 2.05) is 13.8 Å². The van der Waals surface area contributed by atoms with E-state index in [0.29, 0.717) is 38.8 Å². The molecule has 28 heavy (non-hydrogen) atoms. The predicted molar refractivity (Wildman–Crippen MR) is 98.4 cm³/mol. The Morgan fingerprint density at radius 2 is 1.89 bits per heavy atom. The molecule has 1 aromatic carbocycles. The number of amides is 1. The third-order valence-electron chi connectivity index (χ3n) is 4.59. The average Bonchev–Trinajstić information content (AvgIpc) is 2.91. The summed E-state index contributed by atoms with van der Waals surface area (Å²) in [5.74, 6) is -0.115. The molecular formula is C20H23F3N4O. The lowest BCUT2D eigenvalue weighted by molar-refractivity contribution is -0.137. The number of halogens is 3. The normalized spacial score (nSPS) is 11.3. The van der Waals surface area contributed by atoms with Gasteiger partial charge in [-0.25, -0.2) is 0 Å². The van der Waals surface area contributed by atoms with E-state index in [1.54, 1.807) is 4.68 Å². The van der Waals surface area contributed by atoms with E-state index in [0.717, 1.165) is 34.6 Å². The first kappa shape index (κ1) is 21.5. The quantitative estimate of drug-likeness (QED) is 0.744. The van der Waals surface area contributed by atoms with Crippen LogP contribution in [0.2, 0.25) is 0 Å². The van der Waals surface area contributed by atoms with Crippen LogP contribution in [-0.2, 0) is 30.4 Å². The summed E-state index contributed by atoms with van der Waals surface area (Å²) in [5, 5.41) is 15.9. The molecule has 2 rings (SSSR count). The number of hydrogen-bond acceptors (Lipinski definition) is 3. The van der Waals surface area contributed by atoms with Gasteiger partial charge in [-0.15, -0.1) is 0 Å². The Kier molecular flexibility index (Phi) is 7.21. The molecule has 150 valence electrons. The lowest BCUT2D eigenvalue weighted by atomic mass is 10.1. The molecule has 0 spiro atoms. The summed E-state index contributed by atoms with van der Waals surface area (Å²) in [4.78, 5) is 12.1. The number of nitrogens with one attached hydrogen (secondary N) is 1. The van der Waals surface area contributed by atoms with Gasteiger partial charge in [0.15, 0.2) is 0 Å². The van der Waals surface area contributed by atoms with Gasteiger partial charge in [-0.2, -0.15) is 23.5 Å². The fraction of sp³-hybridized carbons (Fsp3) is 0.450. The first-order valence-corrected chi connectivity index (χ1v) is 9.05. The zero-order chi connectivity index (χ0) is 20.7. The molecule has 1 N–H and O–H groups in total. The maximum atomic E-state index is 12.5. The summed E-state index contributed by atoms with van der Waals surface area (Å²) in [6.45, 7) is 4.70. The smallest absolute Gasteiger partial charge is 0.356 e. The van der Waals surface area contributed by atoms with E-state index < -0.39 is 11.7 Å². The van der Waals surface area contributed by atoms with Crippen LogP contribution in [0.5, 0.6) is 0 Å². The van der Waals surface area contributed by atoms with Crippen molar-refractivity contribution in [3.63, 3.8) is 0 Å². The predicted octanol–water partition coefficient (Wildman–Crippen LogP) is 3.72. The second-order valence-electron chi connectivity index (χ2n) is 6.58. The molecule has 1 heterocycles. The van der Waals surface area contributed by atoms with Crippen molar-refractivity contribution in [2.45, 2.75) is 52.3 Å². The molecule has 1 amide bonds. The molecule has 5 nitrogen and oxygen atoms in total. The van der Waals surface area contributed by atoms with Crippen LogP contribution in [0.1, 0.15) is 40.9 Å². The molecular weight excluding hydrogens is 369 g/mol. The summed E-state index contributed by atoms with van der Waals surface area (Å²) in [5.41, 5.74) is 2.88. The SMILES string of the molecule is Cc1nn(CCC#N)c(C)c1CCC(=O)NCCc1ccc(C(F)(F)F)cc1. The summed E-state index contributed by atoms with van der Waals surface area (Å²) in [6.07, 6.45) is -2.64. The number of hydrogen-bond donors (Lipinski definition) is 1.